The zero-order valence-corrected chi connectivity index (χ0v) is 15.4. The van der Waals surface area contributed by atoms with Crippen LogP contribution in [0.3, 0.4) is 0 Å². The van der Waals surface area contributed by atoms with Crippen LogP contribution in [-0.2, 0) is 0 Å². The van der Waals surface area contributed by atoms with Crippen molar-refractivity contribution in [3.05, 3.63) is 5.21 Å². The summed E-state index contributed by atoms with van der Waals surface area (Å²) in [6, 6.07) is 0. The van der Waals surface area contributed by atoms with E-state index < -0.39 is 0 Å². The Morgan fingerprint density at radius 3 is 1.00 bits per heavy atom. The Balaban J connectivity index is 2.33. The lowest BCUT2D eigenvalue weighted by Gasteiger charge is -2.39. The van der Waals surface area contributed by atoms with Crippen LogP contribution in [0.4, 0.5) is 0 Å². The van der Waals surface area contributed by atoms with Crippen molar-refractivity contribution in [2.45, 2.75) is 122 Å². The lowest BCUT2D eigenvalue weighted by Crippen LogP contribution is -3.13. The number of hydrogen-bond donors (Lipinski definition) is 1. The fourth-order valence-electron chi connectivity index (χ4n) is 3.81. The average Bonchev–Trinajstić information content (AvgIpc) is 2.49. The molecule has 0 aromatic heterocycles. The molecule has 2 heteroatoms. The first-order valence-electron chi connectivity index (χ1n) is 10.2. The normalized spacial score (nSPS) is 25.8. The summed E-state index contributed by atoms with van der Waals surface area (Å²) in [4.78, 5) is 0. The van der Waals surface area contributed by atoms with Gasteiger partial charge >= 0.3 is 0 Å². The Hall–Kier alpha value is -0.0800. The average molecular weight is 312 g/mol. The standard InChI is InChI=1S/C20H41NO/c1-20(21(2)22)18-16-14-12-10-8-6-4-3-5-7-9-11-13-15-17-19-20/h21H,3-19H2,1-2H3. The minimum atomic E-state index is -0.0363. The van der Waals surface area contributed by atoms with Gasteiger partial charge in [0.05, 0.1) is 12.6 Å². The molecule has 0 aliphatic heterocycles. The van der Waals surface area contributed by atoms with Crippen LogP contribution in [0.15, 0.2) is 0 Å². The third-order valence-corrected chi connectivity index (χ3v) is 5.81. The topological polar surface area (TPSA) is 27.5 Å². The van der Waals surface area contributed by atoms with E-state index in [1.54, 1.807) is 0 Å². The molecule has 0 aromatic rings. The summed E-state index contributed by atoms with van der Waals surface area (Å²) in [5.41, 5.74) is -0.0363. The van der Waals surface area contributed by atoms with E-state index in [-0.39, 0.29) is 5.54 Å². The van der Waals surface area contributed by atoms with Crippen LogP contribution >= 0.6 is 0 Å². The van der Waals surface area contributed by atoms with Crippen molar-refractivity contribution in [1.82, 2.24) is 0 Å². The van der Waals surface area contributed by atoms with Crippen LogP contribution in [-0.4, -0.2) is 12.6 Å². The fraction of sp³-hybridized carbons (Fsp3) is 1.00. The van der Waals surface area contributed by atoms with E-state index in [0.29, 0.717) is 5.06 Å². The van der Waals surface area contributed by atoms with E-state index in [4.69, 9.17) is 0 Å². The summed E-state index contributed by atoms with van der Waals surface area (Å²) in [6.07, 6.45) is 23.0. The molecule has 1 unspecified atom stereocenters. The molecule has 0 saturated heterocycles. The Bertz CT molecular complexity index is 234. The molecule has 132 valence electrons. The van der Waals surface area contributed by atoms with Gasteiger partial charge in [-0.1, -0.05) is 83.5 Å². The minimum Gasteiger partial charge on any atom is -0.634 e. The molecule has 0 bridgehead atoms. The number of hydrogen-bond acceptors (Lipinski definition) is 1. The molecule has 0 aromatic carbocycles. The van der Waals surface area contributed by atoms with Gasteiger partial charge in [-0.2, -0.15) is 0 Å². The van der Waals surface area contributed by atoms with Crippen LogP contribution in [0.25, 0.3) is 0 Å². The summed E-state index contributed by atoms with van der Waals surface area (Å²) in [7, 11) is 1.81. The van der Waals surface area contributed by atoms with E-state index in [9.17, 15) is 5.21 Å². The molecule has 1 N–H and O–H groups in total. The smallest absolute Gasteiger partial charge is 0.0943 e. The Labute approximate surface area is 139 Å². The third-order valence-electron chi connectivity index (χ3n) is 5.81. The van der Waals surface area contributed by atoms with Crippen molar-refractivity contribution in [3.63, 3.8) is 0 Å². The van der Waals surface area contributed by atoms with Gasteiger partial charge in [-0.25, -0.2) is 0 Å². The summed E-state index contributed by atoms with van der Waals surface area (Å²) >= 11 is 0. The van der Waals surface area contributed by atoms with Gasteiger partial charge < -0.3 is 10.3 Å². The molecule has 1 atom stereocenters. The highest BCUT2D eigenvalue weighted by Gasteiger charge is 2.27. The molecule has 0 amide bonds. The molecular weight excluding hydrogens is 270 g/mol. The van der Waals surface area contributed by atoms with Gasteiger partial charge in [-0.3, -0.25) is 0 Å². The number of hydroxylamine groups is 2. The highest BCUT2D eigenvalue weighted by molar-refractivity contribution is 4.73. The maximum atomic E-state index is 12.0. The van der Waals surface area contributed by atoms with Crippen LogP contribution in [0.5, 0.6) is 0 Å². The van der Waals surface area contributed by atoms with Crippen molar-refractivity contribution in [2.24, 2.45) is 0 Å². The zero-order valence-electron chi connectivity index (χ0n) is 15.4. The van der Waals surface area contributed by atoms with Crippen molar-refractivity contribution in [1.29, 1.82) is 0 Å². The highest BCUT2D eigenvalue weighted by Crippen LogP contribution is 2.21. The third kappa shape index (κ3) is 9.15. The van der Waals surface area contributed by atoms with Crippen LogP contribution in [0, 0.1) is 5.21 Å². The predicted octanol–water partition coefficient (Wildman–Crippen LogP) is 5.40. The zero-order chi connectivity index (χ0) is 16.1. The van der Waals surface area contributed by atoms with E-state index in [1.807, 2.05) is 7.05 Å². The molecule has 1 aliphatic carbocycles. The number of quaternary nitrogens is 1. The summed E-state index contributed by atoms with van der Waals surface area (Å²) < 4.78 is 0. The van der Waals surface area contributed by atoms with Crippen LogP contribution < -0.4 is 5.06 Å². The van der Waals surface area contributed by atoms with Gasteiger partial charge in [0.1, 0.15) is 0 Å². The molecular formula is C20H41NO. The molecule has 1 rings (SSSR count). The Morgan fingerprint density at radius 1 is 0.545 bits per heavy atom. The van der Waals surface area contributed by atoms with Crippen LogP contribution in [0.2, 0.25) is 0 Å². The maximum Gasteiger partial charge on any atom is 0.0943 e. The van der Waals surface area contributed by atoms with Crippen molar-refractivity contribution in [2.75, 3.05) is 7.05 Å². The molecule has 2 nitrogen and oxygen atoms in total. The molecule has 0 spiro atoms. The monoisotopic (exact) mass is 311 g/mol. The second kappa shape index (κ2) is 12.4. The molecule has 1 fully saturated rings. The van der Waals surface area contributed by atoms with E-state index >= 15 is 0 Å². The predicted molar refractivity (Wildman–Crippen MR) is 97.1 cm³/mol. The number of nitrogens with one attached hydrogen (secondary N) is 1. The summed E-state index contributed by atoms with van der Waals surface area (Å²) in [5, 5.41) is 12.5. The summed E-state index contributed by atoms with van der Waals surface area (Å²) in [5.74, 6) is 0. The van der Waals surface area contributed by atoms with Gasteiger partial charge in [0.15, 0.2) is 0 Å². The second-order valence-electron chi connectivity index (χ2n) is 7.92. The van der Waals surface area contributed by atoms with Gasteiger partial charge in [0.2, 0.25) is 0 Å². The molecule has 22 heavy (non-hydrogen) atoms. The van der Waals surface area contributed by atoms with Gasteiger partial charge in [-0.15, -0.1) is 0 Å². The molecule has 0 heterocycles. The first kappa shape index (κ1) is 20.0. The quantitative estimate of drug-likeness (QED) is 0.645. The van der Waals surface area contributed by atoms with Gasteiger partial charge in [0.25, 0.3) is 0 Å². The highest BCUT2D eigenvalue weighted by atomic mass is 16.5. The second-order valence-corrected chi connectivity index (χ2v) is 7.92. The van der Waals surface area contributed by atoms with E-state index in [2.05, 4.69) is 6.92 Å². The fourth-order valence-corrected chi connectivity index (χ4v) is 3.81. The first-order chi connectivity index (χ1) is 10.7. The van der Waals surface area contributed by atoms with Gasteiger partial charge in [0, 0.05) is 12.8 Å². The largest absolute Gasteiger partial charge is 0.634 e. The Kier molecular flexibility index (Phi) is 11.2. The minimum absolute atomic E-state index is 0.0363. The van der Waals surface area contributed by atoms with Gasteiger partial charge in [-0.05, 0) is 19.8 Å². The Morgan fingerprint density at radius 2 is 0.773 bits per heavy atom. The van der Waals surface area contributed by atoms with Crippen LogP contribution in [0.1, 0.15) is 116 Å². The lowest BCUT2D eigenvalue weighted by atomic mass is 9.87. The molecule has 1 saturated carbocycles. The van der Waals surface area contributed by atoms with Crippen molar-refractivity contribution >= 4 is 0 Å². The molecule has 0 radical (unpaired) electrons. The molecule has 1 aliphatic rings. The summed E-state index contributed by atoms with van der Waals surface area (Å²) in [6.45, 7) is 2.22. The number of rotatable bonds is 1. The SMILES string of the molecule is C[NH+]([O-])C1(C)CCCCCCCCCCCCCCCCC1. The first-order valence-corrected chi connectivity index (χ1v) is 10.2. The van der Waals surface area contributed by atoms with E-state index in [0.717, 1.165) is 12.8 Å². The van der Waals surface area contributed by atoms with Crippen molar-refractivity contribution in [3.8, 4) is 0 Å². The maximum absolute atomic E-state index is 12.0. The van der Waals surface area contributed by atoms with E-state index in [1.165, 1.54) is 96.3 Å². The van der Waals surface area contributed by atoms with Crippen molar-refractivity contribution < 1.29 is 5.06 Å². The lowest BCUT2D eigenvalue weighted by molar-refractivity contribution is -0.884.